The van der Waals surface area contributed by atoms with Crippen LogP contribution in [-0.2, 0) is 13.5 Å². The Kier molecular flexibility index (Phi) is 2.10. The summed E-state index contributed by atoms with van der Waals surface area (Å²) in [5.74, 6) is 0. The quantitative estimate of drug-likeness (QED) is 0.603. The fourth-order valence-electron chi connectivity index (χ4n) is 0.958. The van der Waals surface area contributed by atoms with E-state index in [0.29, 0.717) is 0 Å². The van der Waals surface area contributed by atoms with Gasteiger partial charge in [0.1, 0.15) is 0 Å². The van der Waals surface area contributed by atoms with E-state index in [1.807, 2.05) is 11.6 Å². The minimum atomic E-state index is 1.07. The van der Waals surface area contributed by atoms with E-state index in [1.165, 1.54) is 11.4 Å². The maximum Gasteiger partial charge on any atom is 0.176 e. The molecule has 2 nitrogen and oxygen atoms in total. The molecule has 0 amide bonds. The van der Waals surface area contributed by atoms with Crippen molar-refractivity contribution in [2.75, 3.05) is 0 Å². The third-order valence-electron chi connectivity index (χ3n) is 1.74. The van der Waals surface area contributed by atoms with E-state index >= 15 is 0 Å². The van der Waals surface area contributed by atoms with Crippen molar-refractivity contribution in [3.8, 4) is 0 Å². The second-order valence-electron chi connectivity index (χ2n) is 2.55. The average Bonchev–Trinajstić information content (AvgIpc) is 2.20. The molecule has 1 rings (SSSR count). The van der Waals surface area contributed by atoms with E-state index in [2.05, 4.69) is 25.2 Å². The summed E-state index contributed by atoms with van der Waals surface area (Å²) in [6, 6.07) is 0. The van der Waals surface area contributed by atoms with Crippen LogP contribution in [0.2, 0.25) is 0 Å². The van der Waals surface area contributed by atoms with Crippen molar-refractivity contribution in [3.63, 3.8) is 0 Å². The molecule has 0 saturated carbocycles. The minimum Gasteiger partial charge on any atom is -0.329 e. The van der Waals surface area contributed by atoms with Crippen molar-refractivity contribution in [2.24, 2.45) is 7.05 Å². The number of hydrogen-bond acceptors (Lipinski definition) is 1. The molecule has 0 fully saturated rings. The van der Waals surface area contributed by atoms with E-state index in [-0.39, 0.29) is 0 Å². The van der Waals surface area contributed by atoms with Gasteiger partial charge in [-0.2, -0.15) is 0 Å². The predicted octanol–water partition coefficient (Wildman–Crippen LogP) is 1.48. The third kappa shape index (κ3) is 1.20. The van der Waals surface area contributed by atoms with Crippen LogP contribution in [0.4, 0.5) is 0 Å². The zero-order valence-electron chi connectivity index (χ0n) is 6.81. The maximum absolute atomic E-state index is 4.14. The lowest BCUT2D eigenvalue weighted by Gasteiger charge is -1.95. The Morgan fingerprint density at radius 3 is 2.70 bits per heavy atom. The Hall–Kier alpha value is -0.790. The molecule has 0 spiro atoms. The van der Waals surface area contributed by atoms with Crippen molar-refractivity contribution in [1.82, 2.24) is 9.55 Å². The number of aromatic nitrogens is 2. The Morgan fingerprint density at radius 1 is 1.60 bits per heavy atom. The van der Waals surface area contributed by atoms with Gasteiger partial charge in [-0.05, 0) is 13.3 Å². The van der Waals surface area contributed by atoms with Crippen LogP contribution in [0.25, 0.3) is 0 Å². The van der Waals surface area contributed by atoms with Crippen molar-refractivity contribution >= 4 is 0 Å². The van der Waals surface area contributed by atoms with Gasteiger partial charge < -0.3 is 4.57 Å². The largest absolute Gasteiger partial charge is 0.329 e. The molecule has 0 aliphatic heterocycles. The second-order valence-corrected chi connectivity index (χ2v) is 2.55. The van der Waals surface area contributed by atoms with Gasteiger partial charge in [0.15, 0.2) is 6.33 Å². The van der Waals surface area contributed by atoms with E-state index in [9.17, 15) is 0 Å². The van der Waals surface area contributed by atoms with E-state index in [1.54, 1.807) is 0 Å². The van der Waals surface area contributed by atoms with E-state index in [0.717, 1.165) is 12.8 Å². The molecule has 0 N–H and O–H groups in total. The highest BCUT2D eigenvalue weighted by Gasteiger charge is 2.01. The molecule has 0 saturated heterocycles. The highest BCUT2D eigenvalue weighted by Crippen LogP contribution is 2.05. The summed E-state index contributed by atoms with van der Waals surface area (Å²) in [6.07, 6.45) is 5.12. The van der Waals surface area contributed by atoms with E-state index < -0.39 is 0 Å². The monoisotopic (exact) mass is 137 g/mol. The first-order valence-electron chi connectivity index (χ1n) is 3.65. The highest BCUT2D eigenvalue weighted by atomic mass is 15.0. The summed E-state index contributed by atoms with van der Waals surface area (Å²) >= 11 is 0. The third-order valence-corrected chi connectivity index (χ3v) is 1.74. The van der Waals surface area contributed by atoms with Gasteiger partial charge in [0.05, 0.1) is 5.69 Å². The summed E-state index contributed by atoms with van der Waals surface area (Å²) in [5, 5.41) is 0. The molecule has 1 radical (unpaired) electrons. The summed E-state index contributed by atoms with van der Waals surface area (Å²) in [5.41, 5.74) is 2.42. The molecule has 0 aromatic carbocycles. The first kappa shape index (κ1) is 7.32. The molecule has 0 bridgehead atoms. The van der Waals surface area contributed by atoms with Crippen LogP contribution in [0, 0.1) is 13.3 Å². The highest BCUT2D eigenvalue weighted by molar-refractivity contribution is 5.09. The summed E-state index contributed by atoms with van der Waals surface area (Å²) in [6.45, 7) is 4.24. The molecular formula is C8H13N2. The zero-order valence-corrected chi connectivity index (χ0v) is 6.81. The Bertz CT molecular complexity index is 213. The predicted molar refractivity (Wildman–Crippen MR) is 40.8 cm³/mol. The molecule has 0 aliphatic carbocycles. The van der Waals surface area contributed by atoms with Crippen LogP contribution in [0.5, 0.6) is 0 Å². The number of nitrogens with zero attached hydrogens (tertiary/aromatic N) is 2. The summed E-state index contributed by atoms with van der Waals surface area (Å²) in [4.78, 5) is 4.14. The Labute approximate surface area is 61.9 Å². The topological polar surface area (TPSA) is 17.8 Å². The minimum absolute atomic E-state index is 1.07. The number of hydrogen-bond donors (Lipinski definition) is 0. The van der Waals surface area contributed by atoms with Crippen molar-refractivity contribution in [2.45, 2.75) is 26.7 Å². The van der Waals surface area contributed by atoms with Crippen LogP contribution >= 0.6 is 0 Å². The molecule has 0 unspecified atom stereocenters. The lowest BCUT2D eigenvalue weighted by atomic mass is 10.2. The standard InChI is InChI=1S/C8H13N2/c1-4-5-8-7(2)10(3)6-9-8/h4-5H2,1-3H3. The maximum atomic E-state index is 4.14. The SMILES string of the molecule is CCCc1n[c]n(C)c1C. The van der Waals surface area contributed by atoms with Crippen LogP contribution < -0.4 is 0 Å². The molecule has 0 aliphatic rings. The summed E-state index contributed by atoms with van der Waals surface area (Å²) in [7, 11) is 1.97. The number of aryl methyl sites for hydroxylation is 2. The lowest BCUT2D eigenvalue weighted by molar-refractivity contribution is 0.845. The summed E-state index contributed by atoms with van der Waals surface area (Å²) < 4.78 is 1.94. The van der Waals surface area contributed by atoms with Gasteiger partial charge >= 0.3 is 0 Å². The van der Waals surface area contributed by atoms with Gasteiger partial charge in [-0.25, -0.2) is 4.98 Å². The van der Waals surface area contributed by atoms with Crippen molar-refractivity contribution < 1.29 is 0 Å². The molecule has 2 heteroatoms. The number of imidazole rings is 1. The molecule has 1 heterocycles. The van der Waals surface area contributed by atoms with Gasteiger partial charge in [0.2, 0.25) is 0 Å². The zero-order chi connectivity index (χ0) is 7.56. The fourth-order valence-corrected chi connectivity index (χ4v) is 0.958. The van der Waals surface area contributed by atoms with Gasteiger partial charge in [-0.3, -0.25) is 0 Å². The molecule has 1 aromatic heterocycles. The van der Waals surface area contributed by atoms with Gasteiger partial charge in [0, 0.05) is 12.7 Å². The van der Waals surface area contributed by atoms with Gasteiger partial charge in [-0.15, -0.1) is 0 Å². The molecule has 1 aromatic rings. The first-order chi connectivity index (χ1) is 4.75. The second kappa shape index (κ2) is 2.86. The van der Waals surface area contributed by atoms with Crippen LogP contribution in [0.15, 0.2) is 0 Å². The van der Waals surface area contributed by atoms with Gasteiger partial charge in [0.25, 0.3) is 0 Å². The number of rotatable bonds is 2. The van der Waals surface area contributed by atoms with Crippen LogP contribution in [0.1, 0.15) is 24.7 Å². The Morgan fingerprint density at radius 2 is 2.30 bits per heavy atom. The smallest absolute Gasteiger partial charge is 0.176 e. The lowest BCUT2D eigenvalue weighted by Crippen LogP contribution is -1.91. The van der Waals surface area contributed by atoms with Crippen molar-refractivity contribution in [1.29, 1.82) is 0 Å². The van der Waals surface area contributed by atoms with Crippen LogP contribution in [-0.4, -0.2) is 9.55 Å². The average molecular weight is 137 g/mol. The fraction of sp³-hybridized carbons (Fsp3) is 0.625. The van der Waals surface area contributed by atoms with E-state index in [4.69, 9.17) is 0 Å². The van der Waals surface area contributed by atoms with Crippen LogP contribution in [0.3, 0.4) is 0 Å². The first-order valence-corrected chi connectivity index (χ1v) is 3.65. The molecule has 55 valence electrons. The molecule has 10 heavy (non-hydrogen) atoms. The molecule has 0 atom stereocenters. The normalized spacial score (nSPS) is 10.3. The van der Waals surface area contributed by atoms with Crippen molar-refractivity contribution in [3.05, 3.63) is 17.7 Å². The molecular weight excluding hydrogens is 124 g/mol. The Balaban J connectivity index is 2.83. The van der Waals surface area contributed by atoms with Gasteiger partial charge in [-0.1, -0.05) is 13.3 Å².